The van der Waals surface area contributed by atoms with Crippen molar-refractivity contribution in [2.75, 3.05) is 25.1 Å². The highest BCUT2D eigenvalue weighted by atomic mass is 32.1. The predicted octanol–water partition coefficient (Wildman–Crippen LogP) is 4.87. The maximum atomic E-state index is 12.6. The molecule has 12 heteroatoms. The minimum Gasteiger partial charge on any atom is -0.466 e. The molecule has 208 valence electrons. The van der Waals surface area contributed by atoms with Crippen molar-refractivity contribution in [3.63, 3.8) is 0 Å². The van der Waals surface area contributed by atoms with E-state index in [1.807, 2.05) is 0 Å². The number of rotatable bonds is 13. The molecule has 0 aliphatic carbocycles. The summed E-state index contributed by atoms with van der Waals surface area (Å²) in [5.74, 6) is -2.18. The first-order chi connectivity index (χ1) is 18.7. The molecule has 1 N–H and O–H groups in total. The normalized spacial score (nSPS) is 10.6. The molecule has 0 spiro atoms. The van der Waals surface area contributed by atoms with Crippen LogP contribution in [0.2, 0.25) is 0 Å². The third-order valence-electron chi connectivity index (χ3n) is 5.14. The molecule has 1 amide bonds. The van der Waals surface area contributed by atoms with Crippen LogP contribution in [0.1, 0.15) is 56.1 Å². The number of nitrogens with one attached hydrogen (secondary N) is 1. The second-order valence-electron chi connectivity index (χ2n) is 7.99. The summed E-state index contributed by atoms with van der Waals surface area (Å²) >= 11 is 1.05. The zero-order valence-corrected chi connectivity index (χ0v) is 22.6. The van der Waals surface area contributed by atoms with Crippen LogP contribution >= 0.6 is 11.3 Å². The number of hydrogen-bond donors (Lipinski definition) is 1. The van der Waals surface area contributed by atoms with Gasteiger partial charge in [-0.25, -0.2) is 4.79 Å². The highest BCUT2D eigenvalue weighted by molar-refractivity contribution is 7.18. The Kier molecular flexibility index (Phi) is 10.6. The lowest BCUT2D eigenvalue weighted by atomic mass is 10.2. The monoisotopic (exact) mass is 559 g/mol. The molecule has 0 radical (unpaired) electrons. The van der Waals surface area contributed by atoms with Gasteiger partial charge < -0.3 is 28.7 Å². The summed E-state index contributed by atoms with van der Waals surface area (Å²) in [5, 5.41) is 3.29. The van der Waals surface area contributed by atoms with Gasteiger partial charge in [-0.1, -0.05) is 12.1 Å². The van der Waals surface area contributed by atoms with E-state index in [1.165, 1.54) is 0 Å². The summed E-state index contributed by atoms with van der Waals surface area (Å²) in [4.78, 5) is 61.1. The van der Waals surface area contributed by atoms with E-state index in [4.69, 9.17) is 23.4 Å². The van der Waals surface area contributed by atoms with Crippen molar-refractivity contribution in [3.8, 4) is 16.4 Å². The zero-order valence-electron chi connectivity index (χ0n) is 21.8. The van der Waals surface area contributed by atoms with Crippen molar-refractivity contribution in [1.82, 2.24) is 0 Å². The number of carbonyl (C=O) groups is 5. The van der Waals surface area contributed by atoms with Gasteiger partial charge in [0.05, 0.1) is 49.6 Å². The summed E-state index contributed by atoms with van der Waals surface area (Å²) in [6.07, 6.45) is -0.486. The number of fused-ring (bicyclic) bond motifs is 1. The number of esters is 4. The molecule has 0 aliphatic rings. The minimum atomic E-state index is -0.623. The largest absolute Gasteiger partial charge is 0.466 e. The molecule has 0 fully saturated rings. The number of hydrogen-bond acceptors (Lipinski definition) is 11. The summed E-state index contributed by atoms with van der Waals surface area (Å²) < 4.78 is 26.2. The quantitative estimate of drug-likeness (QED) is 0.175. The Morgan fingerprint density at radius 3 is 2.13 bits per heavy atom. The predicted molar refractivity (Wildman–Crippen MR) is 141 cm³/mol. The van der Waals surface area contributed by atoms with Crippen molar-refractivity contribution in [2.45, 2.75) is 46.5 Å². The molecular formula is C27H29NO10S. The molecule has 0 unspecified atom stereocenters. The molecule has 39 heavy (non-hydrogen) atoms. The topological polar surface area (TPSA) is 147 Å². The molecule has 0 saturated carbocycles. The Balaban J connectivity index is 1.82. The highest BCUT2D eigenvalue weighted by Gasteiger charge is 2.23. The lowest BCUT2D eigenvalue weighted by Crippen LogP contribution is -2.16. The van der Waals surface area contributed by atoms with Gasteiger partial charge in [0.2, 0.25) is 5.91 Å². The molecule has 0 atom stereocenters. The fraction of sp³-hybridized carbons (Fsp3) is 0.370. The number of amides is 1. The second kappa shape index (κ2) is 14.1. The van der Waals surface area contributed by atoms with Crippen LogP contribution in [0.3, 0.4) is 0 Å². The maximum absolute atomic E-state index is 12.6. The fourth-order valence-corrected chi connectivity index (χ4v) is 4.42. The van der Waals surface area contributed by atoms with Crippen molar-refractivity contribution < 1.29 is 47.3 Å². The molecular weight excluding hydrogens is 530 g/mol. The van der Waals surface area contributed by atoms with E-state index in [0.29, 0.717) is 21.6 Å². The Hall–Kier alpha value is -4.19. The number of furan rings is 1. The van der Waals surface area contributed by atoms with Crippen LogP contribution in [0.15, 0.2) is 34.7 Å². The van der Waals surface area contributed by atoms with E-state index >= 15 is 0 Å². The third kappa shape index (κ3) is 8.14. The summed E-state index contributed by atoms with van der Waals surface area (Å²) in [5.41, 5.74) is 0.511. The first-order valence-corrected chi connectivity index (χ1v) is 13.2. The van der Waals surface area contributed by atoms with Crippen LogP contribution in [0.4, 0.5) is 5.69 Å². The van der Waals surface area contributed by atoms with Gasteiger partial charge >= 0.3 is 23.9 Å². The molecule has 11 nitrogen and oxygen atoms in total. The Labute approximate surface area is 228 Å². The Morgan fingerprint density at radius 2 is 1.46 bits per heavy atom. The highest BCUT2D eigenvalue weighted by Crippen LogP contribution is 2.40. The molecule has 1 aromatic carbocycles. The summed E-state index contributed by atoms with van der Waals surface area (Å²) in [6.45, 7) is 5.59. The number of thiophene rings is 1. The van der Waals surface area contributed by atoms with Crippen LogP contribution in [0.25, 0.3) is 21.6 Å². The minimum absolute atomic E-state index is 0.101. The first kappa shape index (κ1) is 29.4. The molecule has 2 aromatic heterocycles. The van der Waals surface area contributed by atoms with E-state index in [9.17, 15) is 24.0 Å². The lowest BCUT2D eigenvalue weighted by molar-refractivity contribution is -0.146. The van der Waals surface area contributed by atoms with Crippen molar-refractivity contribution in [2.24, 2.45) is 0 Å². The van der Waals surface area contributed by atoms with Gasteiger partial charge in [-0.05, 0) is 39.0 Å². The number of carbonyl (C=O) groups excluding carboxylic acids is 5. The van der Waals surface area contributed by atoms with Gasteiger partial charge in [0.15, 0.2) is 11.3 Å². The van der Waals surface area contributed by atoms with E-state index in [2.05, 4.69) is 5.32 Å². The van der Waals surface area contributed by atoms with Gasteiger partial charge in [-0.3, -0.25) is 19.2 Å². The van der Waals surface area contributed by atoms with E-state index in [0.717, 1.165) is 11.3 Å². The smallest absolute Gasteiger partial charge is 0.350 e. The number of para-hydroxylation sites is 1. The van der Waals surface area contributed by atoms with E-state index in [-0.39, 0.29) is 61.8 Å². The van der Waals surface area contributed by atoms with E-state index < -0.39 is 29.8 Å². The van der Waals surface area contributed by atoms with Crippen LogP contribution in [-0.2, 0) is 33.4 Å². The average molecular weight is 560 g/mol. The Bertz CT molecular complexity index is 1360. The zero-order chi connectivity index (χ0) is 28.4. The van der Waals surface area contributed by atoms with Crippen LogP contribution in [-0.4, -0.2) is 49.6 Å². The van der Waals surface area contributed by atoms with Crippen LogP contribution < -0.4 is 10.1 Å². The summed E-state index contributed by atoms with van der Waals surface area (Å²) in [6, 6.07) is 8.28. The van der Waals surface area contributed by atoms with Gasteiger partial charge in [0.25, 0.3) is 0 Å². The Morgan fingerprint density at radius 1 is 0.821 bits per heavy atom. The SMILES string of the molecule is CCOC(=O)CCC(=O)Nc1cc(-c2cc3cccc(OC(=O)CCC(=O)OCC)c3o2)sc1C(=O)OCC. The maximum Gasteiger partial charge on any atom is 0.350 e. The van der Waals surface area contributed by atoms with Crippen LogP contribution in [0, 0.1) is 0 Å². The van der Waals surface area contributed by atoms with Crippen molar-refractivity contribution in [3.05, 3.63) is 35.2 Å². The number of ether oxygens (including phenoxy) is 4. The number of benzene rings is 1. The fourth-order valence-electron chi connectivity index (χ4n) is 3.46. The van der Waals surface area contributed by atoms with Gasteiger partial charge in [-0.15, -0.1) is 11.3 Å². The molecule has 0 saturated heterocycles. The molecule has 2 heterocycles. The van der Waals surface area contributed by atoms with Gasteiger partial charge in [0.1, 0.15) is 10.6 Å². The van der Waals surface area contributed by atoms with Crippen molar-refractivity contribution >= 4 is 57.8 Å². The molecule has 3 aromatic rings. The van der Waals surface area contributed by atoms with E-state index in [1.54, 1.807) is 51.1 Å². The number of anilines is 1. The van der Waals surface area contributed by atoms with Crippen LogP contribution in [0.5, 0.6) is 5.75 Å². The average Bonchev–Trinajstić information content (AvgIpc) is 3.52. The molecule has 0 bridgehead atoms. The van der Waals surface area contributed by atoms with Crippen molar-refractivity contribution in [1.29, 1.82) is 0 Å². The summed E-state index contributed by atoms with van der Waals surface area (Å²) in [7, 11) is 0. The third-order valence-corrected chi connectivity index (χ3v) is 6.27. The van der Waals surface area contributed by atoms with Gasteiger partial charge in [-0.2, -0.15) is 0 Å². The standard InChI is InChI=1S/C27H29NO10S/c1-4-34-22(30)11-10-21(29)28-17-15-20(39-26(17)27(33)36-6-3)19-14-16-8-7-9-18(25(16)38-19)37-24(32)13-12-23(31)35-5-2/h7-9,14-15H,4-6,10-13H2,1-3H3,(H,28,29). The first-order valence-electron chi connectivity index (χ1n) is 12.4. The lowest BCUT2D eigenvalue weighted by Gasteiger charge is -2.06. The molecule has 0 aliphatic heterocycles. The second-order valence-corrected chi connectivity index (χ2v) is 9.04. The van der Waals surface area contributed by atoms with Gasteiger partial charge in [0, 0.05) is 11.8 Å². The molecule has 3 rings (SSSR count).